The summed E-state index contributed by atoms with van der Waals surface area (Å²) in [6.45, 7) is 5.03. The number of benzene rings is 3. The zero-order chi connectivity index (χ0) is 27.9. The van der Waals surface area contributed by atoms with Crippen molar-refractivity contribution in [2.24, 2.45) is 7.05 Å². The first-order chi connectivity index (χ1) is 20.1. The van der Waals surface area contributed by atoms with Gasteiger partial charge in [0, 0.05) is 36.7 Å². The van der Waals surface area contributed by atoms with E-state index < -0.39 is 0 Å². The zero-order valence-electron chi connectivity index (χ0n) is 23.4. The molecule has 1 atom stereocenters. The van der Waals surface area contributed by atoms with Gasteiger partial charge in [-0.2, -0.15) is 5.10 Å². The Morgan fingerprint density at radius 1 is 0.902 bits per heavy atom. The van der Waals surface area contributed by atoms with Gasteiger partial charge < -0.3 is 4.57 Å². The second kappa shape index (κ2) is 10.6. The van der Waals surface area contributed by atoms with E-state index in [2.05, 4.69) is 69.9 Å². The minimum atomic E-state index is -0.247. The Hall–Kier alpha value is -4.36. The van der Waals surface area contributed by atoms with Gasteiger partial charge in [-0.1, -0.05) is 48.5 Å². The highest BCUT2D eigenvalue weighted by molar-refractivity contribution is 5.95. The topological polar surface area (TPSA) is 51.8 Å². The summed E-state index contributed by atoms with van der Waals surface area (Å²) in [4.78, 5) is 12.3. The van der Waals surface area contributed by atoms with E-state index in [-0.39, 0.29) is 11.9 Å². The molecule has 7 heteroatoms. The van der Waals surface area contributed by atoms with Crippen LogP contribution >= 0.6 is 0 Å². The monoisotopic (exact) mass is 544 g/mol. The molecule has 6 aromatic rings. The lowest BCUT2D eigenvalue weighted by molar-refractivity contribution is 0.200. The predicted octanol–water partition coefficient (Wildman–Crippen LogP) is 7.11. The standard InChI is InChI=1S/C34H33FN6/c1-23(29-14-7-8-19-36-29)41-31-16-6-5-15-30(31)37-34(41)24-17-20-40(21-18-24)22-25-10-9-12-27-32(38-39(2)33(25)27)26-11-3-4-13-28(26)35/h3-16,19,23-24H,17-18,20-22H2,1-2H3. The molecule has 0 saturated carbocycles. The zero-order valence-corrected chi connectivity index (χ0v) is 23.4. The van der Waals surface area contributed by atoms with Crippen molar-refractivity contribution >= 4 is 21.9 Å². The minimum Gasteiger partial charge on any atom is -0.319 e. The molecule has 7 rings (SSSR count). The first-order valence-electron chi connectivity index (χ1n) is 14.4. The number of aromatic nitrogens is 5. The van der Waals surface area contributed by atoms with Crippen molar-refractivity contribution in [3.05, 3.63) is 114 Å². The Morgan fingerprint density at radius 3 is 2.49 bits per heavy atom. The maximum Gasteiger partial charge on any atom is 0.132 e. The molecule has 0 amide bonds. The van der Waals surface area contributed by atoms with Gasteiger partial charge in [0.25, 0.3) is 0 Å². The Labute approximate surface area is 239 Å². The average molecular weight is 545 g/mol. The molecule has 1 aliphatic rings. The number of aryl methyl sites for hydroxylation is 1. The van der Waals surface area contributed by atoms with E-state index in [9.17, 15) is 4.39 Å². The SMILES string of the molecule is CC(c1ccccn1)n1c(C2CCN(Cc3cccc4c(-c5ccccc5F)nn(C)c34)CC2)nc2ccccc21. The van der Waals surface area contributed by atoms with E-state index in [0.717, 1.165) is 65.9 Å². The summed E-state index contributed by atoms with van der Waals surface area (Å²) in [5, 5.41) is 5.73. The summed E-state index contributed by atoms with van der Waals surface area (Å²) in [5.74, 6) is 1.29. The van der Waals surface area contributed by atoms with Crippen LogP contribution in [0.25, 0.3) is 33.2 Å². The molecule has 1 saturated heterocycles. The summed E-state index contributed by atoms with van der Waals surface area (Å²) in [5.41, 5.74) is 6.78. The van der Waals surface area contributed by atoms with Crippen LogP contribution in [0.4, 0.5) is 4.39 Å². The van der Waals surface area contributed by atoms with E-state index in [0.29, 0.717) is 17.2 Å². The molecule has 0 spiro atoms. The van der Waals surface area contributed by atoms with Crippen molar-refractivity contribution in [1.29, 1.82) is 0 Å². The normalized spacial score (nSPS) is 15.6. The van der Waals surface area contributed by atoms with Crippen LogP contribution in [0.15, 0.2) is 91.1 Å². The van der Waals surface area contributed by atoms with Crippen molar-refractivity contribution in [3.8, 4) is 11.3 Å². The van der Waals surface area contributed by atoms with Crippen molar-refractivity contribution < 1.29 is 4.39 Å². The fraction of sp³-hybridized carbons (Fsp3) is 0.265. The van der Waals surface area contributed by atoms with Gasteiger partial charge >= 0.3 is 0 Å². The largest absolute Gasteiger partial charge is 0.319 e. The lowest BCUT2D eigenvalue weighted by Gasteiger charge is -2.32. The molecule has 1 fully saturated rings. The maximum absolute atomic E-state index is 14.6. The van der Waals surface area contributed by atoms with Gasteiger partial charge in [0.05, 0.1) is 28.3 Å². The molecule has 3 aromatic carbocycles. The number of nitrogens with zero attached hydrogens (tertiary/aromatic N) is 6. The van der Waals surface area contributed by atoms with Crippen LogP contribution in [0.5, 0.6) is 0 Å². The molecule has 0 aliphatic carbocycles. The number of likely N-dealkylation sites (tertiary alicyclic amines) is 1. The maximum atomic E-state index is 14.6. The van der Waals surface area contributed by atoms with Gasteiger partial charge in [-0.25, -0.2) is 9.37 Å². The highest BCUT2D eigenvalue weighted by Gasteiger charge is 2.28. The number of fused-ring (bicyclic) bond motifs is 2. The highest BCUT2D eigenvalue weighted by atomic mass is 19.1. The number of rotatable bonds is 6. The minimum absolute atomic E-state index is 0.0997. The first-order valence-corrected chi connectivity index (χ1v) is 14.4. The summed E-state index contributed by atoms with van der Waals surface area (Å²) < 4.78 is 18.9. The lowest BCUT2D eigenvalue weighted by atomic mass is 9.95. The molecule has 6 nitrogen and oxygen atoms in total. The quantitative estimate of drug-likeness (QED) is 0.224. The smallest absolute Gasteiger partial charge is 0.132 e. The number of pyridine rings is 1. The third-order valence-electron chi connectivity index (χ3n) is 8.55. The van der Waals surface area contributed by atoms with Crippen LogP contribution in [-0.2, 0) is 13.6 Å². The van der Waals surface area contributed by atoms with E-state index in [1.54, 1.807) is 12.1 Å². The predicted molar refractivity (Wildman–Crippen MR) is 161 cm³/mol. The summed E-state index contributed by atoms with van der Waals surface area (Å²) >= 11 is 0. The summed E-state index contributed by atoms with van der Waals surface area (Å²) in [6, 6.07) is 27.8. The number of piperidine rings is 1. The van der Waals surface area contributed by atoms with Gasteiger partial charge in [0.1, 0.15) is 17.3 Å². The molecular weight excluding hydrogens is 511 g/mol. The van der Waals surface area contributed by atoms with Crippen LogP contribution < -0.4 is 0 Å². The number of imidazole rings is 1. The first kappa shape index (κ1) is 25.6. The molecule has 1 unspecified atom stereocenters. The van der Waals surface area contributed by atoms with Gasteiger partial charge in [0.15, 0.2) is 0 Å². The number of halogens is 1. The molecule has 1 aliphatic heterocycles. The van der Waals surface area contributed by atoms with Crippen LogP contribution in [0.2, 0.25) is 0 Å². The average Bonchev–Trinajstić information content (AvgIpc) is 3.56. The fourth-order valence-electron chi connectivity index (χ4n) is 6.50. The van der Waals surface area contributed by atoms with Gasteiger partial charge in [-0.3, -0.25) is 14.6 Å². The molecule has 41 heavy (non-hydrogen) atoms. The molecule has 0 N–H and O–H groups in total. The highest BCUT2D eigenvalue weighted by Crippen LogP contribution is 2.36. The molecule has 3 aromatic heterocycles. The molecular formula is C34H33FN6. The van der Waals surface area contributed by atoms with Crippen LogP contribution in [0, 0.1) is 5.82 Å². The Balaban J connectivity index is 1.14. The van der Waals surface area contributed by atoms with Gasteiger partial charge in [-0.15, -0.1) is 0 Å². The Bertz CT molecular complexity index is 1830. The summed E-state index contributed by atoms with van der Waals surface area (Å²) in [6.07, 6.45) is 3.95. The van der Waals surface area contributed by atoms with Gasteiger partial charge in [0.2, 0.25) is 0 Å². The van der Waals surface area contributed by atoms with E-state index in [4.69, 9.17) is 10.1 Å². The molecule has 4 heterocycles. The van der Waals surface area contributed by atoms with Crippen LogP contribution in [0.3, 0.4) is 0 Å². The summed E-state index contributed by atoms with van der Waals surface area (Å²) in [7, 11) is 1.95. The number of hydrogen-bond acceptors (Lipinski definition) is 4. The van der Waals surface area contributed by atoms with Crippen molar-refractivity contribution in [1.82, 2.24) is 29.2 Å². The number of hydrogen-bond donors (Lipinski definition) is 0. The van der Waals surface area contributed by atoms with Crippen molar-refractivity contribution in [3.63, 3.8) is 0 Å². The Morgan fingerprint density at radius 2 is 1.68 bits per heavy atom. The molecule has 0 bridgehead atoms. The van der Waals surface area contributed by atoms with Crippen LogP contribution in [-0.4, -0.2) is 42.3 Å². The van der Waals surface area contributed by atoms with Gasteiger partial charge in [-0.05, 0) is 74.8 Å². The third-order valence-corrected chi connectivity index (χ3v) is 8.55. The lowest BCUT2D eigenvalue weighted by Crippen LogP contribution is -2.33. The van der Waals surface area contributed by atoms with E-state index >= 15 is 0 Å². The third kappa shape index (κ3) is 4.60. The van der Waals surface area contributed by atoms with E-state index in [1.165, 1.54) is 11.6 Å². The molecule has 206 valence electrons. The Kier molecular flexibility index (Phi) is 6.59. The van der Waals surface area contributed by atoms with Crippen molar-refractivity contribution in [2.75, 3.05) is 13.1 Å². The molecule has 0 radical (unpaired) electrons. The van der Waals surface area contributed by atoms with Crippen molar-refractivity contribution in [2.45, 2.75) is 38.3 Å². The second-order valence-electron chi connectivity index (χ2n) is 11.1. The van der Waals surface area contributed by atoms with E-state index in [1.807, 2.05) is 36.1 Å². The van der Waals surface area contributed by atoms with Crippen LogP contribution in [0.1, 0.15) is 48.8 Å². The fourth-order valence-corrected chi connectivity index (χ4v) is 6.50. The number of para-hydroxylation sites is 3. The second-order valence-corrected chi connectivity index (χ2v) is 11.1.